The topological polar surface area (TPSA) is 49.3 Å². The molecule has 17 heavy (non-hydrogen) atoms. The highest BCUT2D eigenvalue weighted by Gasteiger charge is 2.06. The molecule has 0 aliphatic heterocycles. The number of carbonyl (C=O) groups is 1. The van der Waals surface area contributed by atoms with E-state index in [0.29, 0.717) is 12.8 Å². The highest BCUT2D eigenvalue weighted by molar-refractivity contribution is 6.31. The molecule has 0 unspecified atom stereocenters. The van der Waals surface area contributed by atoms with Gasteiger partial charge in [0.1, 0.15) is 0 Å². The number of nitrogens with one attached hydrogen (secondary N) is 1. The smallest absolute Gasteiger partial charge is 0.220 e. The van der Waals surface area contributed by atoms with Crippen LogP contribution in [0.25, 0.3) is 0 Å². The van der Waals surface area contributed by atoms with Crippen molar-refractivity contribution >= 4 is 17.5 Å². The number of aryl methyl sites for hydroxylation is 2. The van der Waals surface area contributed by atoms with Crippen molar-refractivity contribution in [2.75, 3.05) is 6.61 Å². The van der Waals surface area contributed by atoms with Crippen LogP contribution in [-0.2, 0) is 11.2 Å². The zero-order valence-corrected chi connectivity index (χ0v) is 10.9. The number of hydrogen-bond acceptors (Lipinski definition) is 2. The minimum absolute atomic E-state index is 0.0396. The van der Waals surface area contributed by atoms with Gasteiger partial charge in [-0.25, -0.2) is 0 Å². The summed E-state index contributed by atoms with van der Waals surface area (Å²) >= 11 is 6.00. The largest absolute Gasteiger partial charge is 0.394 e. The number of benzene rings is 1. The second-order valence-electron chi connectivity index (χ2n) is 4.23. The number of hydrogen-bond donors (Lipinski definition) is 2. The quantitative estimate of drug-likeness (QED) is 0.846. The van der Waals surface area contributed by atoms with Gasteiger partial charge in [-0.1, -0.05) is 23.7 Å². The van der Waals surface area contributed by atoms with Gasteiger partial charge in [0.25, 0.3) is 0 Å². The van der Waals surface area contributed by atoms with Crippen LogP contribution in [0.15, 0.2) is 18.2 Å². The highest BCUT2D eigenvalue weighted by atomic mass is 35.5. The summed E-state index contributed by atoms with van der Waals surface area (Å²) in [5, 5.41) is 12.2. The van der Waals surface area contributed by atoms with Crippen molar-refractivity contribution in [3.63, 3.8) is 0 Å². The molecule has 1 aromatic carbocycles. The van der Waals surface area contributed by atoms with Crippen molar-refractivity contribution < 1.29 is 9.90 Å². The monoisotopic (exact) mass is 255 g/mol. The Hall–Kier alpha value is -1.06. The molecular weight excluding hydrogens is 238 g/mol. The molecule has 94 valence electrons. The van der Waals surface area contributed by atoms with Crippen LogP contribution in [0.3, 0.4) is 0 Å². The van der Waals surface area contributed by atoms with E-state index in [2.05, 4.69) is 5.32 Å². The predicted octanol–water partition coefficient (Wildman–Crippen LogP) is 2.08. The van der Waals surface area contributed by atoms with Gasteiger partial charge in [0.05, 0.1) is 6.61 Å². The average molecular weight is 256 g/mol. The van der Waals surface area contributed by atoms with Crippen LogP contribution < -0.4 is 5.32 Å². The summed E-state index contributed by atoms with van der Waals surface area (Å²) in [5.74, 6) is -0.0525. The minimum Gasteiger partial charge on any atom is -0.394 e. The number of carbonyl (C=O) groups excluding carboxylic acids is 1. The Morgan fingerprint density at radius 1 is 1.53 bits per heavy atom. The summed E-state index contributed by atoms with van der Waals surface area (Å²) in [7, 11) is 0. The fourth-order valence-corrected chi connectivity index (χ4v) is 1.65. The molecule has 2 N–H and O–H groups in total. The summed E-state index contributed by atoms with van der Waals surface area (Å²) in [4.78, 5) is 11.5. The number of aliphatic hydroxyl groups is 1. The van der Waals surface area contributed by atoms with E-state index < -0.39 is 0 Å². The molecule has 1 atom stereocenters. The third-order valence-electron chi connectivity index (χ3n) is 2.56. The molecule has 0 radical (unpaired) electrons. The lowest BCUT2D eigenvalue weighted by atomic mass is 10.1. The van der Waals surface area contributed by atoms with Crippen molar-refractivity contribution in [3.8, 4) is 0 Å². The van der Waals surface area contributed by atoms with E-state index in [-0.39, 0.29) is 18.6 Å². The van der Waals surface area contributed by atoms with Gasteiger partial charge in [0, 0.05) is 17.5 Å². The van der Waals surface area contributed by atoms with E-state index in [9.17, 15) is 4.79 Å². The summed E-state index contributed by atoms with van der Waals surface area (Å²) in [6.07, 6.45) is 1.06. The Balaban J connectivity index is 2.45. The fraction of sp³-hybridized carbons (Fsp3) is 0.462. The van der Waals surface area contributed by atoms with E-state index in [0.717, 1.165) is 16.1 Å². The second-order valence-corrected chi connectivity index (χ2v) is 4.64. The number of halogens is 1. The van der Waals surface area contributed by atoms with Crippen LogP contribution in [0.1, 0.15) is 24.5 Å². The second kappa shape index (κ2) is 6.62. The minimum atomic E-state index is -0.191. The van der Waals surface area contributed by atoms with Crippen molar-refractivity contribution in [1.82, 2.24) is 5.32 Å². The molecule has 0 aliphatic rings. The van der Waals surface area contributed by atoms with Crippen LogP contribution in [0, 0.1) is 6.92 Å². The van der Waals surface area contributed by atoms with Crippen molar-refractivity contribution in [3.05, 3.63) is 34.3 Å². The molecule has 0 fully saturated rings. The maximum Gasteiger partial charge on any atom is 0.220 e. The Bertz CT molecular complexity index is 393. The molecule has 0 saturated carbocycles. The molecule has 4 heteroatoms. The van der Waals surface area contributed by atoms with Gasteiger partial charge in [0.2, 0.25) is 5.91 Å². The van der Waals surface area contributed by atoms with Gasteiger partial charge in [-0.2, -0.15) is 0 Å². The average Bonchev–Trinajstić information content (AvgIpc) is 2.30. The predicted molar refractivity (Wildman–Crippen MR) is 69.2 cm³/mol. The molecule has 0 spiro atoms. The molecule has 0 heterocycles. The van der Waals surface area contributed by atoms with Gasteiger partial charge in [-0.15, -0.1) is 0 Å². The van der Waals surface area contributed by atoms with Crippen LogP contribution >= 0.6 is 11.6 Å². The number of rotatable bonds is 5. The zero-order valence-electron chi connectivity index (χ0n) is 10.2. The van der Waals surface area contributed by atoms with Crippen LogP contribution in [0.2, 0.25) is 5.02 Å². The van der Waals surface area contributed by atoms with Crippen LogP contribution in [-0.4, -0.2) is 23.7 Å². The maximum atomic E-state index is 11.5. The van der Waals surface area contributed by atoms with Gasteiger partial charge in [-0.3, -0.25) is 4.79 Å². The van der Waals surface area contributed by atoms with Crippen molar-refractivity contribution in [1.29, 1.82) is 0 Å². The lowest BCUT2D eigenvalue weighted by Crippen LogP contribution is -2.35. The van der Waals surface area contributed by atoms with Crippen molar-refractivity contribution in [2.24, 2.45) is 0 Å². The molecule has 1 amide bonds. The first-order valence-corrected chi connectivity index (χ1v) is 6.06. The van der Waals surface area contributed by atoms with E-state index in [1.807, 2.05) is 25.1 Å². The van der Waals surface area contributed by atoms with Gasteiger partial charge < -0.3 is 10.4 Å². The molecule has 1 rings (SSSR count). The molecule has 0 bridgehead atoms. The van der Waals surface area contributed by atoms with Crippen molar-refractivity contribution in [2.45, 2.75) is 32.7 Å². The first kappa shape index (κ1) is 14.0. The van der Waals surface area contributed by atoms with E-state index in [1.165, 1.54) is 0 Å². The standard InChI is InChI=1S/C13H18ClNO2/c1-9-3-4-11(7-12(9)14)5-6-13(17)15-10(2)8-16/h3-4,7,10,16H,5-6,8H2,1-2H3,(H,15,17)/t10-/m0/s1. The third-order valence-corrected chi connectivity index (χ3v) is 2.97. The summed E-state index contributed by atoms with van der Waals surface area (Å²) in [6.45, 7) is 3.67. The summed E-state index contributed by atoms with van der Waals surface area (Å²) < 4.78 is 0. The number of aliphatic hydroxyl groups excluding tert-OH is 1. The zero-order chi connectivity index (χ0) is 12.8. The molecule has 3 nitrogen and oxygen atoms in total. The van der Waals surface area contributed by atoms with E-state index >= 15 is 0 Å². The molecular formula is C13H18ClNO2. The molecule has 0 saturated heterocycles. The first-order chi connectivity index (χ1) is 8.02. The third kappa shape index (κ3) is 4.75. The lowest BCUT2D eigenvalue weighted by molar-refractivity contribution is -0.121. The van der Waals surface area contributed by atoms with Crippen LogP contribution in [0.4, 0.5) is 0 Å². The summed E-state index contributed by atoms with van der Waals surface area (Å²) in [6, 6.07) is 5.62. The Morgan fingerprint density at radius 3 is 2.82 bits per heavy atom. The Labute approximate surface area is 107 Å². The SMILES string of the molecule is Cc1ccc(CCC(=O)N[C@@H](C)CO)cc1Cl. The van der Waals surface area contributed by atoms with E-state index in [4.69, 9.17) is 16.7 Å². The van der Waals surface area contributed by atoms with Gasteiger partial charge in [-0.05, 0) is 37.5 Å². The van der Waals surface area contributed by atoms with Gasteiger partial charge >= 0.3 is 0 Å². The molecule has 0 aromatic heterocycles. The molecule has 1 aromatic rings. The van der Waals surface area contributed by atoms with Gasteiger partial charge in [0.15, 0.2) is 0 Å². The Morgan fingerprint density at radius 2 is 2.24 bits per heavy atom. The van der Waals surface area contributed by atoms with Crippen LogP contribution in [0.5, 0.6) is 0 Å². The maximum absolute atomic E-state index is 11.5. The fourth-order valence-electron chi connectivity index (χ4n) is 1.44. The Kier molecular flexibility index (Phi) is 5.45. The number of amides is 1. The van der Waals surface area contributed by atoms with E-state index in [1.54, 1.807) is 6.92 Å². The highest BCUT2D eigenvalue weighted by Crippen LogP contribution is 2.17. The first-order valence-electron chi connectivity index (χ1n) is 5.68. The normalized spacial score (nSPS) is 12.2. The lowest BCUT2D eigenvalue weighted by Gasteiger charge is -2.10. The molecule has 0 aliphatic carbocycles. The summed E-state index contributed by atoms with van der Waals surface area (Å²) in [5.41, 5.74) is 2.08.